The van der Waals surface area contributed by atoms with Gasteiger partial charge in [-0.05, 0) is 75.3 Å². The molecule has 0 amide bonds. The minimum absolute atomic E-state index is 0.177. The molecule has 0 saturated heterocycles. The molecule has 0 aromatic heterocycles. The van der Waals surface area contributed by atoms with Crippen molar-refractivity contribution in [3.05, 3.63) is 177 Å². The fraction of sp³-hybridized carbons (Fsp3) is 0.0526. The summed E-state index contributed by atoms with van der Waals surface area (Å²) in [6, 6.07) is 42.0. The second-order valence-corrected chi connectivity index (χ2v) is 11.3. The first-order chi connectivity index (χ1) is 22.7. The molecule has 0 bridgehead atoms. The molecular formula is C38H23F3NO4Si. The van der Waals surface area contributed by atoms with Gasteiger partial charge in [-0.1, -0.05) is 97.1 Å². The first kappa shape index (κ1) is 30.0. The SMILES string of the molecule is O=[N+]([O-])c1ccc(Oc2ccc(C3(c4ccc(O[Si])cc4)c4ccccc4-c4ccccc43)cc2-c2ccccc2)cc1C(F)(F)F. The summed E-state index contributed by atoms with van der Waals surface area (Å²) in [5.74, 6) is 0.749. The Morgan fingerprint density at radius 2 is 1.21 bits per heavy atom. The van der Waals surface area contributed by atoms with Crippen LogP contribution in [0, 0.1) is 10.1 Å². The molecule has 47 heavy (non-hydrogen) atoms. The van der Waals surface area contributed by atoms with Crippen LogP contribution in [0.2, 0.25) is 0 Å². The molecule has 1 aliphatic rings. The number of nitro groups is 1. The zero-order valence-electron chi connectivity index (χ0n) is 24.5. The first-order valence-electron chi connectivity index (χ1n) is 14.6. The molecule has 0 saturated carbocycles. The van der Waals surface area contributed by atoms with E-state index in [9.17, 15) is 23.3 Å². The van der Waals surface area contributed by atoms with E-state index in [2.05, 4.69) is 34.8 Å². The van der Waals surface area contributed by atoms with Gasteiger partial charge < -0.3 is 9.16 Å². The van der Waals surface area contributed by atoms with Crippen molar-refractivity contribution in [1.29, 1.82) is 0 Å². The fourth-order valence-corrected chi connectivity index (χ4v) is 6.72. The highest BCUT2D eigenvalue weighted by molar-refractivity contribution is 6.00. The maximum atomic E-state index is 13.8. The molecule has 1 aliphatic carbocycles. The zero-order valence-corrected chi connectivity index (χ0v) is 25.5. The Kier molecular flexibility index (Phi) is 7.41. The van der Waals surface area contributed by atoms with Gasteiger partial charge in [0.15, 0.2) is 0 Å². The average molecular weight is 643 g/mol. The predicted molar refractivity (Wildman–Crippen MR) is 174 cm³/mol. The van der Waals surface area contributed by atoms with Crippen molar-refractivity contribution in [2.45, 2.75) is 11.6 Å². The molecule has 0 aliphatic heterocycles. The minimum atomic E-state index is -4.95. The molecule has 0 spiro atoms. The standard InChI is InChI=1S/C38H23F3NO4Si/c39-38(40,41)34-23-28(19-20-35(34)42(43)44)45-36-21-16-26(22-31(36)24-8-2-1-3-9-24)37(25-14-17-27(46-47)18-15-25)32-12-6-4-10-29(32)30-11-5-7-13-33(30)37/h1-23H. The molecule has 0 atom stereocenters. The number of benzene rings is 6. The lowest BCUT2D eigenvalue weighted by Gasteiger charge is -2.34. The van der Waals surface area contributed by atoms with E-state index in [1.165, 1.54) is 6.07 Å². The second-order valence-electron chi connectivity index (χ2n) is 11.1. The smallest absolute Gasteiger partial charge is 0.423 e. The Bertz CT molecular complexity index is 2090. The summed E-state index contributed by atoms with van der Waals surface area (Å²) in [7, 11) is 3.12. The lowest BCUT2D eigenvalue weighted by Crippen LogP contribution is -2.28. The quantitative estimate of drug-likeness (QED) is 0.0987. The molecular weight excluding hydrogens is 620 g/mol. The summed E-state index contributed by atoms with van der Waals surface area (Å²) in [4.78, 5) is 10.3. The highest BCUT2D eigenvalue weighted by Crippen LogP contribution is 2.57. The van der Waals surface area contributed by atoms with E-state index in [-0.39, 0.29) is 5.75 Å². The number of nitrogens with zero attached hydrogens (tertiary/aromatic N) is 1. The number of fused-ring (bicyclic) bond motifs is 3. The zero-order chi connectivity index (χ0) is 32.8. The Morgan fingerprint density at radius 3 is 1.81 bits per heavy atom. The van der Waals surface area contributed by atoms with E-state index >= 15 is 0 Å². The lowest BCUT2D eigenvalue weighted by atomic mass is 9.67. The topological polar surface area (TPSA) is 61.6 Å². The minimum Gasteiger partial charge on any atom is -0.540 e. The number of ether oxygens (including phenoxy) is 1. The van der Waals surface area contributed by atoms with Crippen LogP contribution in [0.15, 0.2) is 140 Å². The van der Waals surface area contributed by atoms with Crippen molar-refractivity contribution >= 4 is 16.2 Å². The molecule has 0 fully saturated rings. The molecule has 0 heterocycles. The van der Waals surface area contributed by atoms with Crippen LogP contribution in [0.25, 0.3) is 22.3 Å². The number of rotatable bonds is 7. The maximum absolute atomic E-state index is 13.8. The van der Waals surface area contributed by atoms with Gasteiger partial charge in [0.05, 0.1) is 10.3 Å². The van der Waals surface area contributed by atoms with Crippen LogP contribution >= 0.6 is 0 Å². The van der Waals surface area contributed by atoms with Crippen molar-refractivity contribution in [2.75, 3.05) is 0 Å². The van der Waals surface area contributed by atoms with Gasteiger partial charge in [-0.2, -0.15) is 13.2 Å². The van der Waals surface area contributed by atoms with Crippen molar-refractivity contribution in [1.82, 2.24) is 0 Å². The van der Waals surface area contributed by atoms with E-state index in [4.69, 9.17) is 9.16 Å². The van der Waals surface area contributed by atoms with Crippen LogP contribution in [-0.4, -0.2) is 15.4 Å². The summed E-state index contributed by atoms with van der Waals surface area (Å²) in [5, 5.41) is 11.4. The highest BCUT2D eigenvalue weighted by Gasteiger charge is 2.46. The van der Waals surface area contributed by atoms with E-state index in [1.54, 1.807) is 6.07 Å². The molecule has 0 N–H and O–H groups in total. The van der Waals surface area contributed by atoms with E-state index in [1.807, 2.05) is 91.0 Å². The van der Waals surface area contributed by atoms with Gasteiger partial charge in [0, 0.05) is 11.6 Å². The Balaban J connectivity index is 1.47. The number of hydrogen-bond acceptors (Lipinski definition) is 4. The number of nitro benzene ring substituents is 1. The van der Waals surface area contributed by atoms with E-state index in [0.29, 0.717) is 23.1 Å². The summed E-state index contributed by atoms with van der Waals surface area (Å²) >= 11 is 0. The second kappa shape index (κ2) is 11.6. The van der Waals surface area contributed by atoms with Crippen LogP contribution in [0.5, 0.6) is 17.2 Å². The largest absolute Gasteiger partial charge is 0.540 e. The van der Waals surface area contributed by atoms with Gasteiger partial charge in [0.1, 0.15) is 22.8 Å². The first-order valence-corrected chi connectivity index (χ1v) is 15.0. The van der Waals surface area contributed by atoms with Crippen molar-refractivity contribution in [3.63, 3.8) is 0 Å². The molecule has 6 aromatic rings. The van der Waals surface area contributed by atoms with Gasteiger partial charge >= 0.3 is 16.7 Å². The van der Waals surface area contributed by atoms with Crippen LogP contribution in [-0.2, 0) is 11.6 Å². The number of halogens is 3. The highest BCUT2D eigenvalue weighted by atomic mass is 28.2. The van der Waals surface area contributed by atoms with Gasteiger partial charge in [0.2, 0.25) is 0 Å². The molecule has 0 unspecified atom stereocenters. The molecule has 5 nitrogen and oxygen atoms in total. The van der Waals surface area contributed by atoms with Gasteiger partial charge in [-0.25, -0.2) is 0 Å². The Hall–Kier alpha value is -5.67. The number of hydrogen-bond donors (Lipinski definition) is 0. The molecule has 7 rings (SSSR count). The van der Waals surface area contributed by atoms with Gasteiger partial charge in [0.25, 0.3) is 5.69 Å². The molecule has 9 heteroatoms. The number of alkyl halides is 3. The lowest BCUT2D eigenvalue weighted by molar-refractivity contribution is -0.388. The predicted octanol–water partition coefficient (Wildman–Crippen LogP) is 9.90. The Morgan fingerprint density at radius 1 is 0.638 bits per heavy atom. The van der Waals surface area contributed by atoms with E-state index < -0.39 is 27.8 Å². The van der Waals surface area contributed by atoms with Crippen LogP contribution in [0.1, 0.15) is 27.8 Å². The molecule has 229 valence electrons. The maximum Gasteiger partial charge on any atom is 0.423 e. The summed E-state index contributed by atoms with van der Waals surface area (Å²) in [5.41, 5.74) is 4.45. The summed E-state index contributed by atoms with van der Waals surface area (Å²) in [6.45, 7) is 0. The van der Waals surface area contributed by atoms with E-state index in [0.717, 1.165) is 45.0 Å². The third-order valence-corrected chi connectivity index (χ3v) is 8.79. The monoisotopic (exact) mass is 642 g/mol. The fourth-order valence-electron chi connectivity index (χ4n) is 6.58. The summed E-state index contributed by atoms with van der Waals surface area (Å²) in [6.07, 6.45) is -4.95. The molecule has 6 aromatic carbocycles. The third-order valence-electron chi connectivity index (χ3n) is 8.55. The van der Waals surface area contributed by atoms with Crippen molar-refractivity contribution < 1.29 is 27.3 Å². The van der Waals surface area contributed by atoms with Crippen molar-refractivity contribution in [3.8, 4) is 39.5 Å². The van der Waals surface area contributed by atoms with Gasteiger partial charge in [-0.3, -0.25) is 10.1 Å². The average Bonchev–Trinajstić information content (AvgIpc) is 3.39. The molecule has 3 radical (unpaired) electrons. The third kappa shape index (κ3) is 5.05. The normalized spacial score (nSPS) is 13.0. The Labute approximate surface area is 271 Å². The summed E-state index contributed by atoms with van der Waals surface area (Å²) < 4.78 is 52.9. The van der Waals surface area contributed by atoms with Crippen LogP contribution in [0.4, 0.5) is 18.9 Å². The van der Waals surface area contributed by atoms with Gasteiger partial charge in [-0.15, -0.1) is 0 Å². The van der Waals surface area contributed by atoms with Crippen LogP contribution in [0.3, 0.4) is 0 Å². The van der Waals surface area contributed by atoms with Crippen LogP contribution < -0.4 is 9.16 Å². The van der Waals surface area contributed by atoms with Crippen molar-refractivity contribution in [2.24, 2.45) is 0 Å².